The maximum atomic E-state index is 13.3. The number of ether oxygens (including phenoxy) is 1. The van der Waals surface area contributed by atoms with Gasteiger partial charge < -0.3 is 4.74 Å². The summed E-state index contributed by atoms with van der Waals surface area (Å²) in [6.07, 6.45) is 5.44. The van der Waals surface area contributed by atoms with E-state index >= 15 is 0 Å². The molecule has 0 radical (unpaired) electrons. The number of nitrogens with one attached hydrogen (secondary N) is 1. The topological polar surface area (TPSA) is 56.2 Å². The summed E-state index contributed by atoms with van der Waals surface area (Å²) in [6.45, 7) is 0.458. The molecule has 0 amide bonds. The number of carbonyl (C=O) groups is 1. The molecule has 30 heavy (non-hydrogen) atoms. The van der Waals surface area contributed by atoms with Crippen molar-refractivity contribution >= 4 is 28.6 Å². The summed E-state index contributed by atoms with van der Waals surface area (Å²) in [5.74, 6) is 1.45. The molecule has 0 saturated carbocycles. The van der Waals surface area contributed by atoms with E-state index in [0.717, 1.165) is 22.0 Å². The average Bonchev–Trinajstić information content (AvgIpc) is 3.47. The molecular formula is C24H21N3O2S. The fourth-order valence-corrected chi connectivity index (χ4v) is 4.92. The van der Waals surface area contributed by atoms with E-state index in [2.05, 4.69) is 10.3 Å². The van der Waals surface area contributed by atoms with Crippen LogP contribution in [0.2, 0.25) is 0 Å². The highest BCUT2D eigenvalue weighted by molar-refractivity contribution is 7.99. The van der Waals surface area contributed by atoms with Crippen LogP contribution in [-0.4, -0.2) is 27.3 Å². The zero-order valence-corrected chi connectivity index (χ0v) is 17.1. The lowest BCUT2D eigenvalue weighted by Crippen LogP contribution is -2.37. The minimum atomic E-state index is -0.266. The van der Waals surface area contributed by atoms with Crippen molar-refractivity contribution in [2.75, 3.05) is 5.75 Å². The Morgan fingerprint density at radius 1 is 1.10 bits per heavy atom. The summed E-state index contributed by atoms with van der Waals surface area (Å²) in [5, 5.41) is 4.51. The highest BCUT2D eigenvalue weighted by Crippen LogP contribution is 2.34. The molecule has 1 aliphatic heterocycles. The van der Waals surface area contributed by atoms with E-state index in [1.54, 1.807) is 22.5 Å². The highest BCUT2D eigenvalue weighted by atomic mass is 32.2. The van der Waals surface area contributed by atoms with E-state index in [1.165, 1.54) is 0 Å². The van der Waals surface area contributed by atoms with Crippen LogP contribution in [0.25, 0.3) is 10.9 Å². The fraction of sp³-hybridized carbons (Fsp3) is 0.167. The number of aromatic nitrogens is 2. The Balaban J connectivity index is 1.38. The number of hydrogen-bond donors (Lipinski definition) is 1. The summed E-state index contributed by atoms with van der Waals surface area (Å²) in [4.78, 5) is 17.5. The third-order valence-electron chi connectivity index (χ3n) is 5.22. The minimum absolute atomic E-state index is 0.0275. The van der Waals surface area contributed by atoms with Gasteiger partial charge in [-0.2, -0.15) is 0 Å². The van der Waals surface area contributed by atoms with E-state index in [9.17, 15) is 4.79 Å². The lowest BCUT2D eigenvalue weighted by atomic mass is 10.2. The second-order valence-electron chi connectivity index (χ2n) is 7.21. The first-order chi connectivity index (χ1) is 14.8. The van der Waals surface area contributed by atoms with Crippen molar-refractivity contribution in [2.45, 2.75) is 18.0 Å². The van der Waals surface area contributed by atoms with Crippen molar-refractivity contribution in [3.05, 3.63) is 96.4 Å². The molecule has 150 valence electrons. The predicted molar refractivity (Wildman–Crippen MR) is 120 cm³/mol. The van der Waals surface area contributed by atoms with Gasteiger partial charge in [-0.15, -0.1) is 11.8 Å². The molecule has 1 aliphatic rings. The van der Waals surface area contributed by atoms with E-state index < -0.39 is 0 Å². The number of hydrogen-bond acceptors (Lipinski definition) is 5. The molecule has 5 nitrogen and oxygen atoms in total. The van der Waals surface area contributed by atoms with Gasteiger partial charge in [0.15, 0.2) is 0 Å². The minimum Gasteiger partial charge on any atom is -0.487 e. The van der Waals surface area contributed by atoms with Crippen molar-refractivity contribution in [1.82, 2.24) is 14.9 Å². The normalized spacial score (nSPS) is 18.5. The Morgan fingerprint density at radius 3 is 2.83 bits per heavy atom. The SMILES string of the molecule is O=C([C@@H]1CSC(c2cccnc2)N1)n1ccc2cccc(OCc3ccccc3)c21. The van der Waals surface area contributed by atoms with Crippen LogP contribution in [0.15, 0.2) is 85.3 Å². The van der Waals surface area contributed by atoms with Gasteiger partial charge in [0.2, 0.25) is 5.91 Å². The summed E-state index contributed by atoms with van der Waals surface area (Å²) >= 11 is 1.73. The third kappa shape index (κ3) is 3.72. The van der Waals surface area contributed by atoms with Gasteiger partial charge in [-0.1, -0.05) is 48.5 Å². The summed E-state index contributed by atoms with van der Waals surface area (Å²) < 4.78 is 7.82. The van der Waals surface area contributed by atoms with Gasteiger partial charge in [0, 0.05) is 29.7 Å². The smallest absolute Gasteiger partial charge is 0.249 e. The first-order valence-corrected chi connectivity index (χ1v) is 10.9. The molecule has 0 bridgehead atoms. The van der Waals surface area contributed by atoms with Crippen molar-refractivity contribution in [3.8, 4) is 5.75 Å². The van der Waals surface area contributed by atoms with Crippen LogP contribution in [0.4, 0.5) is 0 Å². The average molecular weight is 416 g/mol. The van der Waals surface area contributed by atoms with Crippen molar-refractivity contribution in [3.63, 3.8) is 0 Å². The molecule has 1 saturated heterocycles. The number of fused-ring (bicyclic) bond motifs is 1. The Hall–Kier alpha value is -3.09. The van der Waals surface area contributed by atoms with Gasteiger partial charge in [0.1, 0.15) is 12.4 Å². The second-order valence-corrected chi connectivity index (χ2v) is 8.35. The Labute approximate surface area is 179 Å². The number of nitrogens with zero attached hydrogens (tertiary/aromatic N) is 2. The van der Waals surface area contributed by atoms with Crippen LogP contribution >= 0.6 is 11.8 Å². The molecular weight excluding hydrogens is 394 g/mol. The lowest BCUT2D eigenvalue weighted by Gasteiger charge is -2.15. The van der Waals surface area contributed by atoms with Crippen molar-refractivity contribution in [1.29, 1.82) is 0 Å². The monoisotopic (exact) mass is 415 g/mol. The van der Waals surface area contributed by atoms with Crippen LogP contribution in [0.3, 0.4) is 0 Å². The Kier molecular flexibility index (Phi) is 5.26. The van der Waals surface area contributed by atoms with Gasteiger partial charge in [0.25, 0.3) is 0 Å². The van der Waals surface area contributed by atoms with E-state index in [4.69, 9.17) is 4.74 Å². The zero-order valence-electron chi connectivity index (χ0n) is 16.3. The number of rotatable bonds is 5. The van der Waals surface area contributed by atoms with Gasteiger partial charge in [-0.05, 0) is 29.3 Å². The van der Waals surface area contributed by atoms with Gasteiger partial charge >= 0.3 is 0 Å². The number of pyridine rings is 1. The van der Waals surface area contributed by atoms with E-state index in [1.807, 2.05) is 79.1 Å². The maximum Gasteiger partial charge on any atom is 0.249 e. The van der Waals surface area contributed by atoms with Crippen LogP contribution in [0.1, 0.15) is 21.3 Å². The highest BCUT2D eigenvalue weighted by Gasteiger charge is 2.32. The molecule has 1 unspecified atom stereocenters. The quantitative estimate of drug-likeness (QED) is 0.514. The predicted octanol–water partition coefficient (Wildman–Crippen LogP) is 4.66. The molecule has 0 aliphatic carbocycles. The molecule has 2 aromatic carbocycles. The summed E-state index contributed by atoms with van der Waals surface area (Å²) in [6, 6.07) is 21.6. The molecule has 3 heterocycles. The van der Waals surface area contributed by atoms with E-state index in [-0.39, 0.29) is 17.3 Å². The molecule has 1 N–H and O–H groups in total. The second kappa shape index (κ2) is 8.34. The summed E-state index contributed by atoms with van der Waals surface area (Å²) in [7, 11) is 0. The molecule has 1 fully saturated rings. The molecule has 5 rings (SSSR count). The molecule has 0 spiro atoms. The van der Waals surface area contributed by atoms with Crippen molar-refractivity contribution in [2.24, 2.45) is 0 Å². The molecule has 6 heteroatoms. The first-order valence-electron chi connectivity index (χ1n) is 9.88. The molecule has 2 aromatic heterocycles. The number of carbonyl (C=O) groups excluding carboxylic acids is 1. The molecule has 2 atom stereocenters. The van der Waals surface area contributed by atoms with Crippen LogP contribution in [0.5, 0.6) is 5.75 Å². The number of benzene rings is 2. The van der Waals surface area contributed by atoms with Gasteiger partial charge in [-0.3, -0.25) is 19.7 Å². The zero-order chi connectivity index (χ0) is 20.3. The fourth-order valence-electron chi connectivity index (χ4n) is 3.70. The Bertz CT molecular complexity index is 1160. The van der Waals surface area contributed by atoms with E-state index in [0.29, 0.717) is 18.1 Å². The summed E-state index contributed by atoms with van der Waals surface area (Å²) in [5.41, 5.74) is 2.99. The number of thioether (sulfide) groups is 1. The standard InChI is InChI=1S/C24H21N3O2S/c28-24(20-16-30-23(26-20)19-9-5-12-25-14-19)27-13-11-18-8-4-10-21(22(18)27)29-15-17-6-2-1-3-7-17/h1-14,20,23,26H,15-16H2/t20-,23?/m0/s1. The third-order valence-corrected chi connectivity index (χ3v) is 6.48. The largest absolute Gasteiger partial charge is 0.487 e. The van der Waals surface area contributed by atoms with Gasteiger partial charge in [-0.25, -0.2) is 0 Å². The number of para-hydroxylation sites is 1. The van der Waals surface area contributed by atoms with Crippen LogP contribution in [0, 0.1) is 0 Å². The van der Waals surface area contributed by atoms with Crippen LogP contribution < -0.4 is 10.1 Å². The van der Waals surface area contributed by atoms with Crippen LogP contribution in [-0.2, 0) is 6.61 Å². The van der Waals surface area contributed by atoms with Crippen molar-refractivity contribution < 1.29 is 9.53 Å². The lowest BCUT2D eigenvalue weighted by molar-refractivity contribution is 0.0878. The first kappa shape index (κ1) is 18.9. The van der Waals surface area contributed by atoms with Gasteiger partial charge in [0.05, 0.1) is 16.9 Å². The Morgan fingerprint density at radius 2 is 2.00 bits per heavy atom. The maximum absolute atomic E-state index is 13.3. The molecule has 4 aromatic rings.